The van der Waals surface area contributed by atoms with Gasteiger partial charge in [0, 0.05) is 57.1 Å². The van der Waals surface area contributed by atoms with Gasteiger partial charge in [0.25, 0.3) is 0 Å². The Hall–Kier alpha value is -3.29. The summed E-state index contributed by atoms with van der Waals surface area (Å²) in [6.45, 7) is 9.44. The lowest BCUT2D eigenvalue weighted by molar-refractivity contribution is -0.370. The molecule has 3 aliphatic carbocycles. The third kappa shape index (κ3) is 5.33. The van der Waals surface area contributed by atoms with Crippen LogP contribution in [0, 0.1) is 53.3 Å². The Kier molecular flexibility index (Phi) is 8.50. The number of fused-ring (bicyclic) bond motifs is 9. The van der Waals surface area contributed by atoms with Gasteiger partial charge in [-0.1, -0.05) is 25.5 Å². The van der Waals surface area contributed by atoms with Crippen molar-refractivity contribution in [2.24, 2.45) is 60.3 Å². The monoisotopic (exact) mass is 682 g/mol. The lowest BCUT2D eigenvalue weighted by atomic mass is 9.61. The number of aliphatic hydroxyl groups is 2. The van der Waals surface area contributed by atoms with Gasteiger partial charge in [-0.15, -0.1) is 0 Å². The maximum Gasteiger partial charge on any atom is 0.331 e. The smallest absolute Gasteiger partial charge is 0.331 e. The highest BCUT2D eigenvalue weighted by atomic mass is 16.7. The number of carbonyl (C=O) groups excluding carboxylic acids is 4. The van der Waals surface area contributed by atoms with Crippen LogP contribution in [-0.2, 0) is 46.9 Å². The van der Waals surface area contributed by atoms with E-state index in [-0.39, 0.29) is 66.7 Å². The molecule has 13 heteroatoms. The van der Waals surface area contributed by atoms with Crippen LogP contribution < -0.4 is 10.6 Å². The molecule has 4 heterocycles. The largest absolute Gasteiger partial charge is 0.461 e. The average Bonchev–Trinajstić information content (AvgIpc) is 3.69. The summed E-state index contributed by atoms with van der Waals surface area (Å²) in [5.74, 6) is -5.84. The number of aromatic nitrogens is 2. The molecule has 2 amide bonds. The van der Waals surface area contributed by atoms with E-state index in [2.05, 4.69) is 35.5 Å². The molecule has 6 aliphatic rings. The molecule has 4 N–H and O–H groups in total. The number of hydrogen-bond donors (Lipinski definition) is 4. The van der Waals surface area contributed by atoms with Crippen LogP contribution in [0.25, 0.3) is 0 Å². The Balaban J connectivity index is 1.24. The number of aliphatic hydroxyl groups excluding tert-OH is 2. The van der Waals surface area contributed by atoms with E-state index in [9.17, 15) is 29.4 Å². The summed E-state index contributed by atoms with van der Waals surface area (Å²) in [7, 11) is 1.79. The maximum atomic E-state index is 14.4. The van der Waals surface area contributed by atoms with Crippen molar-refractivity contribution in [1.29, 1.82) is 0 Å². The van der Waals surface area contributed by atoms with Gasteiger partial charge < -0.3 is 39.6 Å². The molecule has 1 aromatic rings. The molecule has 0 aromatic carbocycles. The number of aryl methyl sites for hydroxylation is 1. The molecule has 1 aromatic heterocycles. The van der Waals surface area contributed by atoms with Crippen molar-refractivity contribution >= 4 is 23.8 Å². The summed E-state index contributed by atoms with van der Waals surface area (Å²) in [4.78, 5) is 57.2. The van der Waals surface area contributed by atoms with E-state index in [0.29, 0.717) is 25.0 Å². The third-order valence-electron chi connectivity index (χ3n) is 13.2. The lowest BCUT2D eigenvalue weighted by Gasteiger charge is -2.58. The molecule has 49 heavy (non-hydrogen) atoms. The highest BCUT2D eigenvalue weighted by molar-refractivity contribution is 5.86. The van der Waals surface area contributed by atoms with Crippen LogP contribution in [0.5, 0.6) is 0 Å². The van der Waals surface area contributed by atoms with Crippen LogP contribution in [0.4, 0.5) is 0 Å². The molecule has 5 fully saturated rings. The number of amides is 2. The van der Waals surface area contributed by atoms with Crippen molar-refractivity contribution in [2.75, 3.05) is 6.54 Å². The molecule has 268 valence electrons. The van der Waals surface area contributed by atoms with E-state index in [1.54, 1.807) is 24.1 Å². The molecule has 0 spiro atoms. The Morgan fingerprint density at radius 1 is 1.20 bits per heavy atom. The number of rotatable bonds is 8. The first-order valence-corrected chi connectivity index (χ1v) is 17.8. The number of esters is 2. The van der Waals surface area contributed by atoms with Gasteiger partial charge in [-0.3, -0.25) is 14.4 Å². The first-order valence-electron chi connectivity index (χ1n) is 17.8. The molecule has 15 atom stereocenters. The quantitative estimate of drug-likeness (QED) is 0.232. The molecular formula is C36H50N4O9. The first kappa shape index (κ1) is 34.2. The van der Waals surface area contributed by atoms with Crippen molar-refractivity contribution in [1.82, 2.24) is 20.2 Å². The van der Waals surface area contributed by atoms with Crippen molar-refractivity contribution < 1.29 is 43.6 Å². The number of carbonyl (C=O) groups is 4. The molecule has 2 saturated carbocycles. The molecule has 3 saturated heterocycles. The van der Waals surface area contributed by atoms with Crippen LogP contribution >= 0.6 is 0 Å². The van der Waals surface area contributed by atoms with Crippen molar-refractivity contribution in [3.8, 4) is 0 Å². The zero-order chi connectivity index (χ0) is 35.2. The molecule has 13 nitrogen and oxygen atoms in total. The normalized spacial score (nSPS) is 43.7. The summed E-state index contributed by atoms with van der Waals surface area (Å²) >= 11 is 0. The SMILES string of the molecule is CC(=O)NCCC(=O)N[C@@H](Cc1cncn1C)C(=O)O[C@]12O[C@]3(C)CC[C@@H](OC(=O)[C@@H]1[C@H]1C[C@H]4[C@H](C(C)=C[C@H]5[C@@H](O)[C@H](C)[C@@H](O)[C@@H]54)[C@H]13)[C@H]2C. The van der Waals surface area contributed by atoms with Crippen molar-refractivity contribution in [3.05, 3.63) is 29.9 Å². The van der Waals surface area contributed by atoms with Crippen LogP contribution in [0.2, 0.25) is 0 Å². The van der Waals surface area contributed by atoms with E-state index >= 15 is 0 Å². The van der Waals surface area contributed by atoms with Crippen LogP contribution in [0.1, 0.15) is 66.0 Å². The van der Waals surface area contributed by atoms with E-state index in [0.717, 1.165) is 5.57 Å². The average molecular weight is 683 g/mol. The summed E-state index contributed by atoms with van der Waals surface area (Å²) in [5, 5.41) is 27.9. The second-order valence-electron chi connectivity index (χ2n) is 15.9. The summed E-state index contributed by atoms with van der Waals surface area (Å²) in [5.41, 5.74) is 1.05. The Morgan fingerprint density at radius 3 is 2.65 bits per heavy atom. The molecule has 0 unspecified atom stereocenters. The summed E-state index contributed by atoms with van der Waals surface area (Å²) in [6, 6.07) is -1.12. The van der Waals surface area contributed by atoms with Crippen molar-refractivity contribution in [3.63, 3.8) is 0 Å². The molecule has 3 bridgehead atoms. The minimum atomic E-state index is -1.64. The number of nitrogens with zero attached hydrogens (tertiary/aromatic N) is 2. The highest BCUT2D eigenvalue weighted by Crippen LogP contribution is 2.69. The number of hydrogen-bond acceptors (Lipinski definition) is 10. The molecule has 0 radical (unpaired) electrons. The second-order valence-corrected chi connectivity index (χ2v) is 15.9. The van der Waals surface area contributed by atoms with Crippen LogP contribution in [0.3, 0.4) is 0 Å². The Morgan fingerprint density at radius 2 is 1.96 bits per heavy atom. The zero-order valence-electron chi connectivity index (χ0n) is 29.1. The Labute approximate surface area is 286 Å². The van der Waals surface area contributed by atoms with E-state index in [4.69, 9.17) is 14.2 Å². The van der Waals surface area contributed by atoms with Gasteiger partial charge in [0.1, 0.15) is 18.1 Å². The van der Waals surface area contributed by atoms with Gasteiger partial charge in [-0.05, 0) is 62.7 Å². The lowest BCUT2D eigenvalue weighted by Crippen LogP contribution is -2.69. The highest BCUT2D eigenvalue weighted by Gasteiger charge is 2.75. The number of nitrogens with one attached hydrogen (secondary N) is 2. The van der Waals surface area contributed by atoms with Gasteiger partial charge in [0.05, 0.1) is 30.1 Å². The second kappa shape index (κ2) is 12.2. The fraction of sp³-hybridized carbons (Fsp3) is 0.750. The Bertz CT molecular complexity index is 1560. The molecular weight excluding hydrogens is 632 g/mol. The predicted molar refractivity (Wildman–Crippen MR) is 173 cm³/mol. The predicted octanol–water partition coefficient (Wildman–Crippen LogP) is 1.41. The number of allylic oxidation sites excluding steroid dienone is 1. The maximum absolute atomic E-state index is 14.4. The summed E-state index contributed by atoms with van der Waals surface area (Å²) < 4.78 is 21.6. The van der Waals surface area contributed by atoms with E-state index in [1.807, 2.05) is 13.8 Å². The van der Waals surface area contributed by atoms with Gasteiger partial charge in [0.15, 0.2) is 0 Å². The zero-order valence-corrected chi connectivity index (χ0v) is 29.1. The fourth-order valence-electron chi connectivity index (χ4n) is 10.9. The van der Waals surface area contributed by atoms with Crippen molar-refractivity contribution in [2.45, 2.75) is 102 Å². The third-order valence-corrected chi connectivity index (χ3v) is 13.2. The first-order chi connectivity index (χ1) is 23.2. The van der Waals surface area contributed by atoms with E-state index < -0.39 is 65.4 Å². The molecule has 3 aliphatic heterocycles. The standard InChI is InChI=1S/C36H50N4O9/c1-16-11-22-28(32(44)17(2)31(22)43)21-13-23-29(27(16)21)35(5)9-7-25-18(3)36(49-35,30(23)34(46)47-25)48-33(45)24(12-20-14-37-15-40(20)6)39-26(42)8-10-38-19(4)41/h11,14-15,17-18,21-25,27-32,43-44H,7-10,12-13H2,1-6H3,(H,38,41)(H,39,42)/t17-,18+,21-,22+,23-,24-,25+,27-,28+,29-,30-,31-,32+,35+,36+/m0/s1. The summed E-state index contributed by atoms with van der Waals surface area (Å²) in [6.07, 6.45) is 5.31. The number of ether oxygens (including phenoxy) is 3. The van der Waals surface area contributed by atoms with Crippen LogP contribution in [0.15, 0.2) is 24.2 Å². The van der Waals surface area contributed by atoms with Gasteiger partial charge in [-0.25, -0.2) is 9.78 Å². The van der Waals surface area contributed by atoms with Gasteiger partial charge >= 0.3 is 11.9 Å². The number of imidazole rings is 1. The minimum Gasteiger partial charge on any atom is -0.461 e. The van der Waals surface area contributed by atoms with Gasteiger partial charge in [0.2, 0.25) is 17.6 Å². The van der Waals surface area contributed by atoms with Gasteiger partial charge in [-0.2, -0.15) is 0 Å². The minimum absolute atomic E-state index is 0.00905. The fourth-order valence-corrected chi connectivity index (χ4v) is 10.9. The molecule has 7 rings (SSSR count). The van der Waals surface area contributed by atoms with Crippen LogP contribution in [-0.4, -0.2) is 85.8 Å². The topological polar surface area (TPSA) is 178 Å². The van der Waals surface area contributed by atoms with E-state index in [1.165, 1.54) is 6.92 Å².